The average molecular weight is 284 g/mol. The Morgan fingerprint density at radius 2 is 1.95 bits per heavy atom. The van der Waals surface area contributed by atoms with Crippen LogP contribution in [0.2, 0.25) is 0 Å². The minimum Gasteiger partial charge on any atom is -0.481 e. The Labute approximate surface area is 122 Å². The molecule has 0 amide bonds. The Balaban J connectivity index is 1.77. The van der Waals surface area contributed by atoms with Gasteiger partial charge in [-0.3, -0.25) is 9.78 Å². The number of pyridine rings is 1. The minimum atomic E-state index is -0.702. The number of carboxylic acids is 1. The van der Waals surface area contributed by atoms with Gasteiger partial charge in [0.25, 0.3) is 0 Å². The van der Waals surface area contributed by atoms with Gasteiger partial charge in [0.1, 0.15) is 12.1 Å². The fourth-order valence-corrected chi connectivity index (χ4v) is 2.53. The van der Waals surface area contributed by atoms with Crippen LogP contribution >= 0.6 is 0 Å². The number of carboxylic acid groups (broad SMARTS) is 1. The van der Waals surface area contributed by atoms with Crippen molar-refractivity contribution in [3.8, 4) is 11.4 Å². The van der Waals surface area contributed by atoms with Crippen molar-refractivity contribution < 1.29 is 9.90 Å². The summed E-state index contributed by atoms with van der Waals surface area (Å²) in [6.07, 6.45) is 4.56. The van der Waals surface area contributed by atoms with E-state index in [1.165, 1.54) is 6.33 Å². The maximum Gasteiger partial charge on any atom is 0.306 e. The molecule has 0 radical (unpaired) electrons. The van der Waals surface area contributed by atoms with Crippen LogP contribution in [0.3, 0.4) is 0 Å². The monoisotopic (exact) mass is 284 g/mol. The first-order valence-electron chi connectivity index (χ1n) is 6.95. The molecule has 1 aliphatic rings. The molecule has 1 fully saturated rings. The normalized spacial score (nSPS) is 15.9. The molecule has 3 rings (SSSR count). The van der Waals surface area contributed by atoms with Crippen LogP contribution in [0.4, 0.5) is 5.82 Å². The van der Waals surface area contributed by atoms with Crippen LogP contribution < -0.4 is 4.90 Å². The summed E-state index contributed by atoms with van der Waals surface area (Å²) in [5.41, 5.74) is 1.59. The van der Waals surface area contributed by atoms with Crippen LogP contribution in [0.1, 0.15) is 12.8 Å². The van der Waals surface area contributed by atoms with Gasteiger partial charge in [0.05, 0.1) is 17.3 Å². The van der Waals surface area contributed by atoms with E-state index in [4.69, 9.17) is 5.11 Å². The summed E-state index contributed by atoms with van der Waals surface area (Å²) in [7, 11) is 0. The zero-order valence-electron chi connectivity index (χ0n) is 11.5. The number of piperidine rings is 1. The van der Waals surface area contributed by atoms with Gasteiger partial charge in [-0.05, 0) is 25.0 Å². The van der Waals surface area contributed by atoms with Gasteiger partial charge in [-0.15, -0.1) is 0 Å². The summed E-state index contributed by atoms with van der Waals surface area (Å²) in [5.74, 6) is -0.112. The lowest BCUT2D eigenvalue weighted by molar-refractivity contribution is -0.142. The van der Waals surface area contributed by atoms with Crippen molar-refractivity contribution in [3.63, 3.8) is 0 Å². The molecule has 108 valence electrons. The summed E-state index contributed by atoms with van der Waals surface area (Å²) in [6, 6.07) is 7.59. The van der Waals surface area contributed by atoms with E-state index in [2.05, 4.69) is 19.9 Å². The van der Waals surface area contributed by atoms with Gasteiger partial charge < -0.3 is 10.0 Å². The number of nitrogens with zero attached hydrogens (tertiary/aromatic N) is 4. The standard InChI is InChI=1S/C15H16N4O2/c20-15(21)11-4-7-19(8-5-11)14-9-13(17-10-18-14)12-3-1-2-6-16-12/h1-3,6,9-11H,4-5,7-8H2,(H,20,21). The molecule has 2 aromatic rings. The predicted molar refractivity (Wildman–Crippen MR) is 77.8 cm³/mol. The molecule has 0 saturated carbocycles. The quantitative estimate of drug-likeness (QED) is 0.926. The third-order valence-corrected chi connectivity index (χ3v) is 3.75. The van der Waals surface area contributed by atoms with Crippen LogP contribution in [-0.4, -0.2) is 39.1 Å². The third kappa shape index (κ3) is 2.99. The molecular weight excluding hydrogens is 268 g/mol. The Hall–Kier alpha value is -2.50. The lowest BCUT2D eigenvalue weighted by Gasteiger charge is -2.30. The molecule has 0 bridgehead atoms. The molecule has 0 aliphatic carbocycles. The van der Waals surface area contributed by atoms with Crippen LogP contribution in [-0.2, 0) is 4.79 Å². The Morgan fingerprint density at radius 3 is 2.62 bits per heavy atom. The van der Waals surface area contributed by atoms with E-state index >= 15 is 0 Å². The molecule has 1 aliphatic heterocycles. The summed E-state index contributed by atoms with van der Waals surface area (Å²) in [4.78, 5) is 25.9. The van der Waals surface area contributed by atoms with Gasteiger partial charge in [-0.2, -0.15) is 0 Å². The van der Waals surface area contributed by atoms with Crippen molar-refractivity contribution in [2.75, 3.05) is 18.0 Å². The van der Waals surface area contributed by atoms with Crippen LogP contribution in [0.15, 0.2) is 36.8 Å². The number of carbonyl (C=O) groups is 1. The fourth-order valence-electron chi connectivity index (χ4n) is 2.53. The first-order chi connectivity index (χ1) is 10.2. The molecule has 0 unspecified atom stereocenters. The number of aliphatic carboxylic acids is 1. The summed E-state index contributed by atoms with van der Waals surface area (Å²) in [5, 5.41) is 9.04. The zero-order chi connectivity index (χ0) is 14.7. The molecule has 2 aromatic heterocycles. The van der Waals surface area contributed by atoms with E-state index in [1.807, 2.05) is 24.3 Å². The maximum absolute atomic E-state index is 11.0. The first-order valence-corrected chi connectivity index (χ1v) is 6.95. The third-order valence-electron chi connectivity index (χ3n) is 3.75. The van der Waals surface area contributed by atoms with Crippen molar-refractivity contribution in [2.24, 2.45) is 5.92 Å². The molecule has 1 saturated heterocycles. The van der Waals surface area contributed by atoms with Crippen molar-refractivity contribution >= 4 is 11.8 Å². The summed E-state index contributed by atoms with van der Waals surface area (Å²) < 4.78 is 0. The average Bonchev–Trinajstić information content (AvgIpc) is 2.56. The van der Waals surface area contributed by atoms with E-state index in [0.29, 0.717) is 25.9 Å². The second-order valence-electron chi connectivity index (χ2n) is 5.08. The Kier molecular flexibility index (Phi) is 3.77. The smallest absolute Gasteiger partial charge is 0.306 e. The molecule has 3 heterocycles. The highest BCUT2D eigenvalue weighted by atomic mass is 16.4. The highest BCUT2D eigenvalue weighted by Gasteiger charge is 2.25. The molecule has 0 aromatic carbocycles. The molecule has 6 nitrogen and oxygen atoms in total. The second-order valence-corrected chi connectivity index (χ2v) is 5.08. The number of rotatable bonds is 3. The summed E-state index contributed by atoms with van der Waals surface area (Å²) in [6.45, 7) is 1.41. The molecule has 21 heavy (non-hydrogen) atoms. The van der Waals surface area contributed by atoms with Crippen molar-refractivity contribution in [1.29, 1.82) is 0 Å². The Morgan fingerprint density at radius 1 is 1.14 bits per heavy atom. The van der Waals surface area contributed by atoms with Crippen LogP contribution in [0.25, 0.3) is 11.4 Å². The van der Waals surface area contributed by atoms with Gasteiger partial charge in [0.2, 0.25) is 0 Å². The largest absolute Gasteiger partial charge is 0.481 e. The van der Waals surface area contributed by atoms with E-state index in [9.17, 15) is 4.79 Å². The number of hydrogen-bond donors (Lipinski definition) is 1. The predicted octanol–water partition coefficient (Wildman–Crippen LogP) is 1.84. The van der Waals surface area contributed by atoms with E-state index in [-0.39, 0.29) is 5.92 Å². The first kappa shape index (κ1) is 13.5. The van der Waals surface area contributed by atoms with Gasteiger partial charge in [-0.25, -0.2) is 9.97 Å². The highest BCUT2D eigenvalue weighted by Crippen LogP contribution is 2.24. The van der Waals surface area contributed by atoms with E-state index in [1.54, 1.807) is 6.20 Å². The Bertz CT molecular complexity index is 625. The van der Waals surface area contributed by atoms with Crippen molar-refractivity contribution in [2.45, 2.75) is 12.8 Å². The number of hydrogen-bond acceptors (Lipinski definition) is 5. The molecular formula is C15H16N4O2. The number of aromatic nitrogens is 3. The minimum absolute atomic E-state index is 0.238. The van der Waals surface area contributed by atoms with Crippen LogP contribution in [0, 0.1) is 5.92 Å². The van der Waals surface area contributed by atoms with Gasteiger partial charge in [0, 0.05) is 25.4 Å². The molecule has 0 atom stereocenters. The second kappa shape index (κ2) is 5.87. The lowest BCUT2D eigenvalue weighted by Crippen LogP contribution is -2.36. The fraction of sp³-hybridized carbons (Fsp3) is 0.333. The van der Waals surface area contributed by atoms with Gasteiger partial charge in [-0.1, -0.05) is 6.07 Å². The topological polar surface area (TPSA) is 79.2 Å². The van der Waals surface area contributed by atoms with Crippen molar-refractivity contribution in [3.05, 3.63) is 36.8 Å². The maximum atomic E-state index is 11.0. The number of anilines is 1. The van der Waals surface area contributed by atoms with Gasteiger partial charge >= 0.3 is 5.97 Å². The van der Waals surface area contributed by atoms with Crippen molar-refractivity contribution in [1.82, 2.24) is 15.0 Å². The summed E-state index contributed by atoms with van der Waals surface area (Å²) >= 11 is 0. The SMILES string of the molecule is O=C(O)C1CCN(c2cc(-c3ccccn3)ncn2)CC1. The molecule has 0 spiro atoms. The van der Waals surface area contributed by atoms with Crippen LogP contribution in [0.5, 0.6) is 0 Å². The molecule has 1 N–H and O–H groups in total. The van der Waals surface area contributed by atoms with E-state index < -0.39 is 5.97 Å². The highest BCUT2D eigenvalue weighted by molar-refractivity contribution is 5.70. The molecule has 6 heteroatoms. The zero-order valence-corrected chi connectivity index (χ0v) is 11.5. The van der Waals surface area contributed by atoms with E-state index in [0.717, 1.165) is 17.2 Å². The van der Waals surface area contributed by atoms with Gasteiger partial charge in [0.15, 0.2) is 0 Å². The lowest BCUT2D eigenvalue weighted by atomic mass is 9.97.